The van der Waals surface area contributed by atoms with E-state index in [1.54, 1.807) is 13.1 Å². The second kappa shape index (κ2) is 21.2. The number of carbonyl (C=O) groups excluding carboxylic acids is 1. The van der Waals surface area contributed by atoms with Crippen molar-refractivity contribution in [2.45, 2.75) is 58.8 Å². The maximum absolute atomic E-state index is 11.7. The zero-order chi connectivity index (χ0) is 25.9. The molecule has 0 saturated carbocycles. The summed E-state index contributed by atoms with van der Waals surface area (Å²) in [7, 11) is 4.53. The van der Waals surface area contributed by atoms with Gasteiger partial charge in [-0.2, -0.15) is 6.54 Å². The van der Waals surface area contributed by atoms with E-state index in [-0.39, 0.29) is 38.5 Å². The zero-order valence-electron chi connectivity index (χ0n) is 22.6. The van der Waals surface area contributed by atoms with Crippen LogP contribution in [0.5, 0.6) is 5.75 Å². The van der Waals surface area contributed by atoms with Crippen LogP contribution < -0.4 is 4.74 Å². The van der Waals surface area contributed by atoms with Gasteiger partial charge in [0, 0.05) is 38.3 Å². The maximum atomic E-state index is 11.7. The van der Waals surface area contributed by atoms with E-state index in [2.05, 4.69) is 19.2 Å². The summed E-state index contributed by atoms with van der Waals surface area (Å²) in [5.74, 6) is 0.370. The molecule has 0 unspecified atom stereocenters. The predicted octanol–water partition coefficient (Wildman–Crippen LogP) is 8.33. The number of ether oxygens (including phenoxy) is 3. The van der Waals surface area contributed by atoms with E-state index < -0.39 is 5.97 Å². The van der Waals surface area contributed by atoms with Gasteiger partial charge in [-0.15, -0.1) is 12.7 Å². The molecule has 2 rings (SSSR count). The molecule has 0 saturated heterocycles. The average molecular weight is 572 g/mol. The number of hydrogen-bond donors (Lipinski definition) is 0. The molecule has 1 radical (unpaired) electrons. The van der Waals surface area contributed by atoms with E-state index in [1.807, 2.05) is 42.5 Å². The number of benzene rings is 2. The normalized spacial score (nSPS) is 10.4. The summed E-state index contributed by atoms with van der Waals surface area (Å²) in [6, 6.07) is 13.8. The summed E-state index contributed by atoms with van der Waals surface area (Å²) < 4.78 is 15.9. The van der Waals surface area contributed by atoms with Crippen molar-refractivity contribution in [1.82, 2.24) is 0 Å². The molecular formula is C29H42N2O4Y-2. The van der Waals surface area contributed by atoms with Crippen LogP contribution in [0, 0.1) is 0 Å². The molecule has 6 nitrogen and oxygen atoms in total. The number of nitrogens with zero attached hydrogens (tertiary/aromatic N) is 1. The standard InChI is InChI=1S/C22H26NO4.C7H16N.Y/c1-5-6-12-27-20-13-16(14-21(25-3)22(24)26-4)10-11-19(20)17-8-7-9-18(15-17)23-2;1-2-3-4-5-6-7-8;/h7-11,13-15H,5-6,12H2,1-4H3;8H,2-7H2,1H3;/q2*-1;/b21-14-;;. The molecule has 0 heterocycles. The Morgan fingerprint density at radius 2 is 1.67 bits per heavy atom. The second-order valence-corrected chi connectivity index (χ2v) is 8.10. The topological polar surface area (TPSA) is 82.7 Å². The molecule has 2 aromatic carbocycles. The van der Waals surface area contributed by atoms with Gasteiger partial charge in [-0.3, -0.25) is 0 Å². The Kier molecular flexibility index (Phi) is 20.1. The second-order valence-electron chi connectivity index (χ2n) is 8.10. The zero-order valence-corrected chi connectivity index (χ0v) is 25.5. The third kappa shape index (κ3) is 12.9. The Balaban J connectivity index is 0.00000118. The van der Waals surface area contributed by atoms with Gasteiger partial charge >= 0.3 is 5.97 Å². The third-order valence-electron chi connectivity index (χ3n) is 5.36. The summed E-state index contributed by atoms with van der Waals surface area (Å²) in [5.41, 5.74) is 10.5. The molecule has 1 N–H and O–H groups in total. The van der Waals surface area contributed by atoms with Gasteiger partial charge in [0.05, 0.1) is 20.8 Å². The molecule has 0 atom stereocenters. The Hall–Kier alpha value is -1.89. The Bertz CT molecular complexity index is 897. The number of methoxy groups -OCH3 is 2. The summed E-state index contributed by atoms with van der Waals surface area (Å²) in [5, 5.41) is 4.24. The predicted molar refractivity (Wildman–Crippen MR) is 146 cm³/mol. The molecule has 0 aromatic heterocycles. The van der Waals surface area contributed by atoms with Crippen LogP contribution in [0.3, 0.4) is 0 Å². The van der Waals surface area contributed by atoms with Gasteiger partial charge in [0.25, 0.3) is 0 Å². The molecule has 36 heavy (non-hydrogen) atoms. The molecule has 0 aliphatic rings. The molecule has 0 spiro atoms. The minimum absolute atomic E-state index is 0. The first-order valence-corrected chi connectivity index (χ1v) is 12.5. The average Bonchev–Trinajstić information content (AvgIpc) is 2.90. The number of unbranched alkanes of at least 4 members (excludes halogenated alkanes) is 5. The van der Waals surface area contributed by atoms with E-state index in [1.165, 1.54) is 39.9 Å². The van der Waals surface area contributed by atoms with Gasteiger partial charge in [0.15, 0.2) is 0 Å². The van der Waals surface area contributed by atoms with Crippen LogP contribution in [0.25, 0.3) is 28.3 Å². The van der Waals surface area contributed by atoms with Crippen LogP contribution in [0.15, 0.2) is 48.2 Å². The Labute approximate surface area is 243 Å². The molecular weight excluding hydrogens is 529 g/mol. The van der Waals surface area contributed by atoms with E-state index in [0.29, 0.717) is 13.2 Å². The van der Waals surface area contributed by atoms with Crippen molar-refractivity contribution in [2.24, 2.45) is 0 Å². The molecule has 0 amide bonds. The molecule has 0 aliphatic carbocycles. The van der Waals surface area contributed by atoms with Crippen LogP contribution >= 0.6 is 0 Å². The van der Waals surface area contributed by atoms with Gasteiger partial charge in [0.1, 0.15) is 5.75 Å². The van der Waals surface area contributed by atoms with Crippen molar-refractivity contribution < 1.29 is 51.7 Å². The van der Waals surface area contributed by atoms with E-state index >= 15 is 0 Å². The third-order valence-corrected chi connectivity index (χ3v) is 5.36. The largest absolute Gasteiger partial charge is 0.687 e. The van der Waals surface area contributed by atoms with Crippen molar-refractivity contribution in [1.29, 1.82) is 0 Å². The summed E-state index contributed by atoms with van der Waals surface area (Å²) in [4.78, 5) is 11.7. The van der Waals surface area contributed by atoms with Gasteiger partial charge in [-0.25, -0.2) is 4.79 Å². The monoisotopic (exact) mass is 571 g/mol. The number of carbonyl (C=O) groups is 1. The molecule has 0 fully saturated rings. The molecule has 197 valence electrons. The molecule has 7 heteroatoms. The number of esters is 1. The first-order chi connectivity index (χ1) is 17.0. The summed E-state index contributed by atoms with van der Waals surface area (Å²) in [6.45, 7) is 5.57. The van der Waals surface area contributed by atoms with E-state index in [9.17, 15) is 4.79 Å². The van der Waals surface area contributed by atoms with Crippen LogP contribution in [0.1, 0.15) is 64.4 Å². The summed E-state index contributed by atoms with van der Waals surface area (Å²) in [6.07, 6.45) is 10.00. The molecule has 0 aliphatic heterocycles. The molecule has 2 aromatic rings. The number of nitrogens with one attached hydrogen (secondary N) is 1. The van der Waals surface area contributed by atoms with E-state index in [0.717, 1.165) is 47.4 Å². The van der Waals surface area contributed by atoms with Gasteiger partial charge in [0.2, 0.25) is 5.76 Å². The maximum Gasteiger partial charge on any atom is 0.373 e. The van der Waals surface area contributed by atoms with Crippen molar-refractivity contribution >= 4 is 17.7 Å². The minimum Gasteiger partial charge on any atom is -0.687 e. The van der Waals surface area contributed by atoms with Crippen LogP contribution in [0.4, 0.5) is 5.69 Å². The van der Waals surface area contributed by atoms with Crippen molar-refractivity contribution in [3.05, 3.63) is 64.8 Å². The first-order valence-electron chi connectivity index (χ1n) is 12.5. The van der Waals surface area contributed by atoms with Crippen LogP contribution in [0.2, 0.25) is 0 Å². The first kappa shape index (κ1) is 34.1. The number of hydrogen-bond acceptors (Lipinski definition) is 4. The van der Waals surface area contributed by atoms with Gasteiger partial charge in [-0.1, -0.05) is 88.8 Å². The Morgan fingerprint density at radius 3 is 2.28 bits per heavy atom. The van der Waals surface area contributed by atoms with Crippen LogP contribution in [-0.2, 0) is 47.0 Å². The van der Waals surface area contributed by atoms with Crippen molar-refractivity contribution in [2.75, 3.05) is 34.4 Å². The summed E-state index contributed by atoms with van der Waals surface area (Å²) >= 11 is 0. The number of rotatable bonds is 14. The quantitative estimate of drug-likeness (QED) is 0.0988. The van der Waals surface area contributed by atoms with Crippen molar-refractivity contribution in [3.8, 4) is 16.9 Å². The van der Waals surface area contributed by atoms with Crippen LogP contribution in [-0.4, -0.2) is 40.4 Å². The van der Waals surface area contributed by atoms with E-state index in [4.69, 9.17) is 19.9 Å². The van der Waals surface area contributed by atoms with Gasteiger partial charge < -0.3 is 25.3 Å². The fraction of sp³-hybridized carbons (Fsp3) is 0.483. The smallest absolute Gasteiger partial charge is 0.373 e. The minimum atomic E-state index is -0.521. The van der Waals surface area contributed by atoms with Crippen molar-refractivity contribution in [3.63, 3.8) is 0 Å². The molecule has 0 bridgehead atoms. The Morgan fingerprint density at radius 1 is 0.944 bits per heavy atom. The SMILES string of the molecule is CCCCCCC[NH-].CCCCOc1cc(/C=C(\OC)C(=O)OC)ccc1-c1cccc([N-]C)c1.[Y]. The fourth-order valence-corrected chi connectivity index (χ4v) is 3.31. The van der Waals surface area contributed by atoms with Gasteiger partial charge in [-0.05, 0) is 29.7 Å². The fourth-order valence-electron chi connectivity index (χ4n) is 3.31.